The van der Waals surface area contributed by atoms with Crippen molar-refractivity contribution < 1.29 is 13.9 Å². The number of benzene rings is 3. The molecule has 0 atom stereocenters. The molecule has 0 aliphatic carbocycles. The lowest BCUT2D eigenvalue weighted by Crippen LogP contribution is -2.46. The van der Waals surface area contributed by atoms with Crippen LogP contribution in [0.3, 0.4) is 0 Å². The Kier molecular flexibility index (Phi) is 9.07. The first-order valence-corrected chi connectivity index (χ1v) is 14.1. The summed E-state index contributed by atoms with van der Waals surface area (Å²) in [6, 6.07) is 20.6. The van der Waals surface area contributed by atoms with Crippen molar-refractivity contribution in [1.29, 1.82) is 0 Å². The van der Waals surface area contributed by atoms with Gasteiger partial charge in [0.15, 0.2) is 0 Å². The number of hydrogen-bond donors (Lipinski definition) is 1. The number of fused-ring (bicyclic) bond motifs is 1. The van der Waals surface area contributed by atoms with Crippen LogP contribution in [0.15, 0.2) is 75.9 Å². The van der Waals surface area contributed by atoms with Crippen LogP contribution in [0.5, 0.6) is 5.75 Å². The SMILES string of the molecule is NC(=O)c1c(Cc2ccc(Cl)cc2)c2ccc(OCCCN3CCN(Cc4ccc(Cl)cc4)CC3)cc2oc1=O. The van der Waals surface area contributed by atoms with Crippen LogP contribution in [0.4, 0.5) is 0 Å². The minimum Gasteiger partial charge on any atom is -0.493 e. The summed E-state index contributed by atoms with van der Waals surface area (Å²) in [7, 11) is 0. The zero-order chi connectivity index (χ0) is 28.1. The molecule has 1 saturated heterocycles. The van der Waals surface area contributed by atoms with Gasteiger partial charge in [-0.2, -0.15) is 0 Å². The number of ether oxygens (including phenoxy) is 1. The third-order valence-electron chi connectivity index (χ3n) is 7.20. The van der Waals surface area contributed by atoms with E-state index in [2.05, 4.69) is 21.9 Å². The molecule has 5 rings (SSSR count). The number of amides is 1. The summed E-state index contributed by atoms with van der Waals surface area (Å²) < 4.78 is 11.5. The van der Waals surface area contributed by atoms with E-state index >= 15 is 0 Å². The normalized spacial score (nSPS) is 14.4. The largest absolute Gasteiger partial charge is 0.493 e. The number of primary amides is 1. The van der Waals surface area contributed by atoms with E-state index in [1.807, 2.05) is 36.4 Å². The fourth-order valence-electron chi connectivity index (χ4n) is 5.07. The topological polar surface area (TPSA) is 89.0 Å². The second-order valence-corrected chi connectivity index (χ2v) is 10.9. The minimum absolute atomic E-state index is 0.135. The molecule has 2 heterocycles. The summed E-state index contributed by atoms with van der Waals surface area (Å²) in [5.41, 5.74) is 7.72. The van der Waals surface area contributed by atoms with Crippen molar-refractivity contribution in [2.24, 2.45) is 5.73 Å². The Morgan fingerprint density at radius 3 is 2.15 bits per heavy atom. The first-order valence-electron chi connectivity index (χ1n) is 13.3. The van der Waals surface area contributed by atoms with Crippen LogP contribution < -0.4 is 16.1 Å². The summed E-state index contributed by atoms with van der Waals surface area (Å²) in [6.07, 6.45) is 1.21. The first-order chi connectivity index (χ1) is 19.4. The molecule has 0 bridgehead atoms. The van der Waals surface area contributed by atoms with Crippen LogP contribution in [0.1, 0.15) is 33.5 Å². The zero-order valence-electron chi connectivity index (χ0n) is 22.1. The van der Waals surface area contributed by atoms with Crippen molar-refractivity contribution >= 4 is 40.1 Å². The lowest BCUT2D eigenvalue weighted by atomic mass is 9.97. The van der Waals surface area contributed by atoms with Crippen LogP contribution in [0, 0.1) is 0 Å². The Hall–Kier alpha value is -3.36. The molecular formula is C31H31Cl2N3O4. The standard InChI is InChI=1S/C31H31Cl2N3O4/c32-23-6-2-21(3-7-23)18-27-26-11-10-25(19-28(26)40-31(38)29(27)30(34)37)39-17-1-12-35-13-15-36(16-14-35)20-22-4-8-24(33)9-5-22/h2-11,19H,1,12-18,20H2,(H2,34,37). The van der Waals surface area contributed by atoms with E-state index < -0.39 is 11.5 Å². The predicted molar refractivity (Wildman–Crippen MR) is 159 cm³/mol. The second kappa shape index (κ2) is 12.9. The molecule has 0 unspecified atom stereocenters. The van der Waals surface area contributed by atoms with Crippen molar-refractivity contribution in [3.05, 3.63) is 109 Å². The summed E-state index contributed by atoms with van der Waals surface area (Å²) in [5, 5.41) is 2.02. The highest BCUT2D eigenvalue weighted by atomic mass is 35.5. The fraction of sp³-hybridized carbons (Fsp3) is 0.290. The molecule has 0 saturated carbocycles. The zero-order valence-corrected chi connectivity index (χ0v) is 23.6. The molecule has 7 nitrogen and oxygen atoms in total. The Balaban J connectivity index is 1.17. The highest BCUT2D eigenvalue weighted by molar-refractivity contribution is 6.30. The van der Waals surface area contributed by atoms with Gasteiger partial charge in [-0.25, -0.2) is 4.79 Å². The summed E-state index contributed by atoms with van der Waals surface area (Å²) in [6.45, 7) is 6.52. The molecule has 0 spiro atoms. The van der Waals surface area contributed by atoms with Crippen LogP contribution in [0.25, 0.3) is 11.0 Å². The van der Waals surface area contributed by atoms with Gasteiger partial charge in [-0.15, -0.1) is 0 Å². The molecule has 40 heavy (non-hydrogen) atoms. The summed E-state index contributed by atoms with van der Waals surface area (Å²) >= 11 is 12.0. The maximum atomic E-state index is 12.7. The smallest absolute Gasteiger partial charge is 0.349 e. The lowest BCUT2D eigenvalue weighted by Gasteiger charge is -2.34. The highest BCUT2D eigenvalue weighted by Gasteiger charge is 2.20. The maximum Gasteiger partial charge on any atom is 0.349 e. The van der Waals surface area contributed by atoms with Crippen LogP contribution in [0.2, 0.25) is 10.0 Å². The van der Waals surface area contributed by atoms with Gasteiger partial charge in [0.2, 0.25) is 0 Å². The van der Waals surface area contributed by atoms with Crippen molar-refractivity contribution in [2.75, 3.05) is 39.3 Å². The highest BCUT2D eigenvalue weighted by Crippen LogP contribution is 2.27. The molecule has 2 N–H and O–H groups in total. The number of hydrogen-bond acceptors (Lipinski definition) is 6. The van der Waals surface area contributed by atoms with E-state index in [0.29, 0.717) is 40.3 Å². The minimum atomic E-state index is -0.814. The van der Waals surface area contributed by atoms with Crippen molar-refractivity contribution in [3.8, 4) is 5.75 Å². The average molecular weight is 581 g/mol. The molecule has 1 fully saturated rings. The van der Waals surface area contributed by atoms with Crippen molar-refractivity contribution in [1.82, 2.24) is 9.80 Å². The molecule has 3 aromatic carbocycles. The summed E-state index contributed by atoms with van der Waals surface area (Å²) in [5.74, 6) is -0.210. The maximum absolute atomic E-state index is 12.7. The van der Waals surface area contributed by atoms with Gasteiger partial charge in [-0.3, -0.25) is 9.69 Å². The number of carbonyl (C=O) groups excluding carboxylic acids is 1. The van der Waals surface area contributed by atoms with Gasteiger partial charge in [0.05, 0.1) is 6.61 Å². The van der Waals surface area contributed by atoms with Gasteiger partial charge >= 0.3 is 5.63 Å². The van der Waals surface area contributed by atoms with E-state index in [4.69, 9.17) is 38.1 Å². The van der Waals surface area contributed by atoms with E-state index in [1.165, 1.54) is 5.56 Å². The van der Waals surface area contributed by atoms with Crippen molar-refractivity contribution in [3.63, 3.8) is 0 Å². The van der Waals surface area contributed by atoms with Gasteiger partial charge in [0.25, 0.3) is 5.91 Å². The number of carbonyl (C=O) groups is 1. The Bertz CT molecular complexity index is 1530. The van der Waals surface area contributed by atoms with Gasteiger partial charge in [0, 0.05) is 60.8 Å². The molecule has 4 aromatic rings. The lowest BCUT2D eigenvalue weighted by molar-refractivity contribution is 0.0996. The average Bonchev–Trinajstić information content (AvgIpc) is 2.94. The fourth-order valence-corrected chi connectivity index (χ4v) is 5.32. The third kappa shape index (κ3) is 7.04. The van der Waals surface area contributed by atoms with Crippen LogP contribution in [-0.2, 0) is 13.0 Å². The van der Waals surface area contributed by atoms with E-state index in [9.17, 15) is 9.59 Å². The number of halogens is 2. The molecule has 1 aliphatic rings. The van der Waals surface area contributed by atoms with E-state index in [1.54, 1.807) is 18.2 Å². The van der Waals surface area contributed by atoms with Gasteiger partial charge < -0.3 is 19.8 Å². The molecular weight excluding hydrogens is 549 g/mol. The van der Waals surface area contributed by atoms with Gasteiger partial charge in [-0.1, -0.05) is 47.5 Å². The van der Waals surface area contributed by atoms with E-state index in [-0.39, 0.29) is 5.56 Å². The molecule has 0 radical (unpaired) electrons. The van der Waals surface area contributed by atoms with Gasteiger partial charge in [0.1, 0.15) is 16.9 Å². The number of piperazine rings is 1. The Labute approximate surface area is 243 Å². The van der Waals surface area contributed by atoms with Crippen LogP contribution in [-0.4, -0.2) is 55.0 Å². The summed E-state index contributed by atoms with van der Waals surface area (Å²) in [4.78, 5) is 29.7. The molecule has 9 heteroatoms. The molecule has 1 aromatic heterocycles. The molecule has 1 amide bonds. The van der Waals surface area contributed by atoms with Gasteiger partial charge in [-0.05, 0) is 65.9 Å². The number of nitrogens with zero attached hydrogens (tertiary/aromatic N) is 2. The molecule has 208 valence electrons. The van der Waals surface area contributed by atoms with Crippen LogP contribution >= 0.6 is 23.2 Å². The van der Waals surface area contributed by atoms with E-state index in [0.717, 1.165) is 56.3 Å². The quantitative estimate of drug-likeness (QED) is 0.200. The van der Waals surface area contributed by atoms with Crippen molar-refractivity contribution in [2.45, 2.75) is 19.4 Å². The Morgan fingerprint density at radius 2 is 1.50 bits per heavy atom. The molecule has 1 aliphatic heterocycles. The third-order valence-corrected chi connectivity index (χ3v) is 7.70. The first kappa shape index (κ1) is 28.2. The Morgan fingerprint density at radius 1 is 0.875 bits per heavy atom. The second-order valence-electron chi connectivity index (χ2n) is 10.0. The number of nitrogens with two attached hydrogens (primary N) is 1. The number of rotatable bonds is 10. The monoisotopic (exact) mass is 579 g/mol. The predicted octanol–water partition coefficient (Wildman–Crippen LogP) is 5.38.